The van der Waals surface area contributed by atoms with Gasteiger partial charge in [0.25, 0.3) is 0 Å². The number of methoxy groups -OCH3 is 1. The van der Waals surface area contributed by atoms with Crippen LogP contribution in [0, 0.1) is 0 Å². The first-order valence-corrected chi connectivity index (χ1v) is 10.2. The summed E-state index contributed by atoms with van der Waals surface area (Å²) in [6.45, 7) is 0. The topological polar surface area (TPSA) is 67.1 Å². The highest BCUT2D eigenvalue weighted by Crippen LogP contribution is 2.45. The van der Waals surface area contributed by atoms with E-state index in [-0.39, 0.29) is 5.75 Å². The Bertz CT molecular complexity index is 1360. The predicted octanol–water partition coefficient (Wildman–Crippen LogP) is 7.25. The molecule has 0 unspecified atom stereocenters. The van der Waals surface area contributed by atoms with Gasteiger partial charge in [-0.3, -0.25) is 0 Å². The molecular weight excluding hydrogens is 394 g/mol. The molecule has 5 rings (SSSR count). The number of phenols is 1. The second-order valence-electron chi connectivity index (χ2n) is 6.73. The van der Waals surface area contributed by atoms with Crippen molar-refractivity contribution in [2.24, 2.45) is 10.2 Å². The molecule has 5 aromatic rings. The van der Waals surface area contributed by atoms with Crippen LogP contribution in [0.15, 0.2) is 89.1 Å². The van der Waals surface area contributed by atoms with Crippen LogP contribution >= 0.6 is 11.3 Å². The van der Waals surface area contributed by atoms with Crippen molar-refractivity contribution in [3.63, 3.8) is 0 Å². The van der Waals surface area contributed by atoms with E-state index in [1.165, 1.54) is 0 Å². The van der Waals surface area contributed by atoms with Crippen molar-refractivity contribution >= 4 is 43.7 Å². The van der Waals surface area contributed by atoms with Crippen molar-refractivity contribution in [2.45, 2.75) is 0 Å². The molecule has 0 atom stereocenters. The maximum Gasteiger partial charge on any atom is 0.154 e. The fourth-order valence-electron chi connectivity index (χ4n) is 3.33. The Morgan fingerprint density at radius 3 is 2.47 bits per heavy atom. The second-order valence-corrected chi connectivity index (χ2v) is 7.76. The molecule has 0 bridgehead atoms. The molecule has 146 valence electrons. The third-order valence-corrected chi connectivity index (χ3v) is 5.93. The van der Waals surface area contributed by atoms with E-state index < -0.39 is 0 Å². The summed E-state index contributed by atoms with van der Waals surface area (Å²) in [7, 11) is 1.62. The van der Waals surface area contributed by atoms with Crippen LogP contribution < -0.4 is 4.74 Å². The number of ether oxygens (including phenoxy) is 1. The van der Waals surface area contributed by atoms with Gasteiger partial charge < -0.3 is 9.84 Å². The number of thiazole rings is 1. The summed E-state index contributed by atoms with van der Waals surface area (Å²) in [5.41, 5.74) is 2.66. The van der Waals surface area contributed by atoms with E-state index in [4.69, 9.17) is 9.72 Å². The summed E-state index contributed by atoms with van der Waals surface area (Å²) in [5, 5.41) is 22.4. The molecule has 0 radical (unpaired) electrons. The van der Waals surface area contributed by atoms with E-state index in [0.29, 0.717) is 16.9 Å². The van der Waals surface area contributed by atoms with Crippen LogP contribution in [0.1, 0.15) is 0 Å². The second kappa shape index (κ2) is 7.57. The van der Waals surface area contributed by atoms with Gasteiger partial charge in [0.15, 0.2) is 5.75 Å². The van der Waals surface area contributed by atoms with Crippen molar-refractivity contribution in [1.82, 2.24) is 4.98 Å². The molecule has 0 aliphatic carbocycles. The van der Waals surface area contributed by atoms with Gasteiger partial charge in [-0.1, -0.05) is 36.4 Å². The van der Waals surface area contributed by atoms with Gasteiger partial charge in [0.2, 0.25) is 0 Å². The first-order chi connectivity index (χ1) is 14.7. The molecule has 0 saturated carbocycles. The SMILES string of the molecule is COc1ccc(N=Nc2c(O)c(-c3nc4ccccc4s3)cc3ccccc23)cc1. The van der Waals surface area contributed by atoms with Crippen LogP contribution in [0.3, 0.4) is 0 Å². The van der Waals surface area contributed by atoms with Gasteiger partial charge >= 0.3 is 0 Å². The van der Waals surface area contributed by atoms with Crippen LogP contribution in [0.4, 0.5) is 11.4 Å². The van der Waals surface area contributed by atoms with E-state index in [0.717, 1.165) is 31.7 Å². The summed E-state index contributed by atoms with van der Waals surface area (Å²) in [6.07, 6.45) is 0. The number of aromatic nitrogens is 1. The average molecular weight is 411 g/mol. The highest BCUT2D eigenvalue weighted by atomic mass is 32.1. The van der Waals surface area contributed by atoms with Gasteiger partial charge in [-0.25, -0.2) is 4.98 Å². The Morgan fingerprint density at radius 1 is 0.900 bits per heavy atom. The minimum Gasteiger partial charge on any atom is -0.505 e. The van der Waals surface area contributed by atoms with Crippen LogP contribution in [-0.4, -0.2) is 17.2 Å². The molecular formula is C24H17N3O2S. The number of phenolic OH excluding ortho intramolecular Hbond substituents is 1. The van der Waals surface area contributed by atoms with Crippen molar-refractivity contribution in [3.05, 3.63) is 78.9 Å². The quantitative estimate of drug-likeness (QED) is 0.317. The molecule has 0 aliphatic heterocycles. The lowest BCUT2D eigenvalue weighted by molar-refractivity contribution is 0.415. The molecule has 0 spiro atoms. The highest BCUT2D eigenvalue weighted by Gasteiger charge is 2.17. The molecule has 0 amide bonds. The summed E-state index contributed by atoms with van der Waals surface area (Å²) in [6, 6.07) is 25.0. The fraction of sp³-hybridized carbons (Fsp3) is 0.0417. The molecule has 0 saturated heterocycles. The lowest BCUT2D eigenvalue weighted by Gasteiger charge is -2.09. The molecule has 30 heavy (non-hydrogen) atoms. The highest BCUT2D eigenvalue weighted by molar-refractivity contribution is 7.21. The smallest absolute Gasteiger partial charge is 0.154 e. The molecule has 4 aromatic carbocycles. The minimum absolute atomic E-state index is 0.0741. The molecule has 0 fully saturated rings. The van der Waals surface area contributed by atoms with Crippen molar-refractivity contribution < 1.29 is 9.84 Å². The zero-order valence-electron chi connectivity index (χ0n) is 16.1. The Kier molecular flexibility index (Phi) is 4.61. The van der Waals surface area contributed by atoms with Gasteiger partial charge in [-0.2, -0.15) is 5.11 Å². The summed E-state index contributed by atoms with van der Waals surface area (Å²) in [4.78, 5) is 4.70. The molecule has 1 aromatic heterocycles. The lowest BCUT2D eigenvalue weighted by atomic mass is 10.0. The number of azo groups is 1. The number of nitrogens with zero attached hydrogens (tertiary/aromatic N) is 3. The molecule has 6 heteroatoms. The Morgan fingerprint density at radius 2 is 1.67 bits per heavy atom. The average Bonchev–Trinajstić information content (AvgIpc) is 3.22. The van der Waals surface area contributed by atoms with Gasteiger partial charge in [0, 0.05) is 5.39 Å². The maximum absolute atomic E-state index is 11.1. The first-order valence-electron chi connectivity index (χ1n) is 9.39. The number of hydrogen-bond acceptors (Lipinski definition) is 6. The number of fused-ring (bicyclic) bond motifs is 2. The number of benzene rings is 4. The third-order valence-electron chi connectivity index (χ3n) is 4.86. The molecule has 1 heterocycles. The van der Waals surface area contributed by atoms with Gasteiger partial charge in [0.05, 0.1) is 28.6 Å². The largest absolute Gasteiger partial charge is 0.505 e. The third kappa shape index (κ3) is 3.27. The van der Waals surface area contributed by atoms with Crippen molar-refractivity contribution in [3.8, 4) is 22.1 Å². The van der Waals surface area contributed by atoms with Gasteiger partial charge in [-0.05, 0) is 47.9 Å². The first kappa shape index (κ1) is 18.3. The van der Waals surface area contributed by atoms with Crippen LogP contribution in [0.2, 0.25) is 0 Å². The van der Waals surface area contributed by atoms with Gasteiger partial charge in [-0.15, -0.1) is 16.5 Å². The Balaban J connectivity index is 1.66. The van der Waals surface area contributed by atoms with E-state index in [1.54, 1.807) is 18.4 Å². The normalized spacial score (nSPS) is 11.5. The molecule has 1 N–H and O–H groups in total. The maximum atomic E-state index is 11.1. The molecule has 0 aliphatic rings. The van der Waals surface area contributed by atoms with Crippen molar-refractivity contribution in [2.75, 3.05) is 7.11 Å². The molecule has 5 nitrogen and oxygen atoms in total. The fourth-order valence-corrected chi connectivity index (χ4v) is 4.31. The number of hydrogen-bond donors (Lipinski definition) is 1. The number of aromatic hydroxyl groups is 1. The van der Waals surface area contributed by atoms with Crippen LogP contribution in [-0.2, 0) is 0 Å². The standard InChI is InChI=1S/C24H17N3O2S/c1-29-17-12-10-16(11-13-17)26-27-22-18-7-3-2-6-15(18)14-19(23(22)28)24-25-20-8-4-5-9-21(20)30-24/h2-14,28H,1H3. The number of rotatable bonds is 4. The summed E-state index contributed by atoms with van der Waals surface area (Å²) < 4.78 is 6.25. The Hall–Kier alpha value is -3.77. The zero-order valence-corrected chi connectivity index (χ0v) is 16.9. The Labute approximate surface area is 176 Å². The summed E-state index contributed by atoms with van der Waals surface area (Å²) >= 11 is 1.54. The van der Waals surface area contributed by atoms with Crippen molar-refractivity contribution in [1.29, 1.82) is 0 Å². The minimum atomic E-state index is 0.0741. The predicted molar refractivity (Wildman–Crippen MR) is 121 cm³/mol. The van der Waals surface area contributed by atoms with Gasteiger partial charge in [0.1, 0.15) is 16.4 Å². The monoisotopic (exact) mass is 411 g/mol. The number of para-hydroxylation sites is 1. The van der Waals surface area contributed by atoms with E-state index in [9.17, 15) is 5.11 Å². The van der Waals surface area contributed by atoms with Crippen LogP contribution in [0.25, 0.3) is 31.6 Å². The van der Waals surface area contributed by atoms with Crippen LogP contribution in [0.5, 0.6) is 11.5 Å². The zero-order chi connectivity index (χ0) is 20.5. The van der Waals surface area contributed by atoms with E-state index in [2.05, 4.69) is 10.2 Å². The lowest BCUT2D eigenvalue weighted by Crippen LogP contribution is -1.82. The van der Waals surface area contributed by atoms with E-state index >= 15 is 0 Å². The van der Waals surface area contributed by atoms with E-state index in [1.807, 2.05) is 78.9 Å². The summed E-state index contributed by atoms with van der Waals surface area (Å²) in [5.74, 6) is 0.824.